The Hall–Kier alpha value is -1.14. The van der Waals surface area contributed by atoms with Crippen molar-refractivity contribution in [3.8, 4) is 0 Å². The van der Waals surface area contributed by atoms with E-state index in [-0.39, 0.29) is 0 Å². The Morgan fingerprint density at radius 2 is 2.58 bits per heavy atom. The van der Waals surface area contributed by atoms with Gasteiger partial charge in [0.05, 0.1) is 6.20 Å². The Labute approximate surface area is 75.7 Å². The molecule has 0 spiro atoms. The summed E-state index contributed by atoms with van der Waals surface area (Å²) >= 11 is 4.78. The van der Waals surface area contributed by atoms with Gasteiger partial charge in [-0.1, -0.05) is 0 Å². The topological polar surface area (TPSA) is 78.8 Å². The van der Waals surface area contributed by atoms with Gasteiger partial charge < -0.3 is 10.7 Å². The maximum Gasteiger partial charge on any atom is 0.180 e. The standard InChI is InChI=1S/C6H11N5S/c7-11-6(12)8-2-1-5-3-9-10-4-5/h3-4H,1-2,7H2,(H,9,10)(H2,8,11,12). The van der Waals surface area contributed by atoms with Crippen LogP contribution < -0.4 is 16.6 Å². The molecule has 0 saturated heterocycles. The molecule has 12 heavy (non-hydrogen) atoms. The Balaban J connectivity index is 2.15. The maximum absolute atomic E-state index is 5.06. The summed E-state index contributed by atoms with van der Waals surface area (Å²) in [5.74, 6) is 5.06. The number of nitrogens with two attached hydrogens (primary N) is 1. The van der Waals surface area contributed by atoms with E-state index in [1.165, 1.54) is 0 Å². The summed E-state index contributed by atoms with van der Waals surface area (Å²) in [7, 11) is 0. The Kier molecular flexibility index (Phi) is 3.49. The van der Waals surface area contributed by atoms with Crippen molar-refractivity contribution in [1.29, 1.82) is 0 Å². The fourth-order valence-electron chi connectivity index (χ4n) is 0.786. The van der Waals surface area contributed by atoms with Crippen molar-refractivity contribution in [2.75, 3.05) is 6.54 Å². The van der Waals surface area contributed by atoms with Crippen molar-refractivity contribution in [3.05, 3.63) is 18.0 Å². The second-order valence-corrected chi connectivity index (χ2v) is 2.67. The third-order valence-electron chi connectivity index (χ3n) is 1.39. The normalized spacial score (nSPS) is 9.42. The molecule has 0 fully saturated rings. The SMILES string of the molecule is NNC(=S)NCCc1cn[nH]c1. The van der Waals surface area contributed by atoms with Gasteiger partial charge in [-0.05, 0) is 24.2 Å². The summed E-state index contributed by atoms with van der Waals surface area (Å²) in [4.78, 5) is 0. The predicted molar refractivity (Wildman–Crippen MR) is 50.2 cm³/mol. The Morgan fingerprint density at radius 3 is 3.17 bits per heavy atom. The monoisotopic (exact) mass is 185 g/mol. The van der Waals surface area contributed by atoms with E-state index in [4.69, 9.17) is 18.1 Å². The fourth-order valence-corrected chi connectivity index (χ4v) is 0.888. The first-order valence-electron chi connectivity index (χ1n) is 3.55. The summed E-state index contributed by atoms with van der Waals surface area (Å²) in [5.41, 5.74) is 3.48. The van der Waals surface area contributed by atoms with Gasteiger partial charge in [-0.15, -0.1) is 0 Å². The van der Waals surface area contributed by atoms with Gasteiger partial charge in [0.1, 0.15) is 0 Å². The summed E-state index contributed by atoms with van der Waals surface area (Å²) in [6.45, 7) is 0.753. The van der Waals surface area contributed by atoms with Gasteiger partial charge >= 0.3 is 0 Å². The molecule has 0 amide bonds. The minimum Gasteiger partial charge on any atom is -0.361 e. The molecular weight excluding hydrogens is 174 g/mol. The van der Waals surface area contributed by atoms with Crippen molar-refractivity contribution in [3.63, 3.8) is 0 Å². The van der Waals surface area contributed by atoms with Crippen LogP contribution >= 0.6 is 12.2 Å². The molecular formula is C6H11N5S. The van der Waals surface area contributed by atoms with Crippen molar-refractivity contribution in [1.82, 2.24) is 20.9 Å². The number of nitrogens with one attached hydrogen (secondary N) is 3. The van der Waals surface area contributed by atoms with Crippen LogP contribution in [0.2, 0.25) is 0 Å². The average Bonchev–Trinajstić information content (AvgIpc) is 2.57. The highest BCUT2D eigenvalue weighted by molar-refractivity contribution is 7.80. The zero-order chi connectivity index (χ0) is 8.81. The van der Waals surface area contributed by atoms with Crippen LogP contribution in [0.3, 0.4) is 0 Å². The van der Waals surface area contributed by atoms with E-state index in [1.54, 1.807) is 6.20 Å². The molecule has 0 aliphatic rings. The third-order valence-corrected chi connectivity index (χ3v) is 1.65. The fraction of sp³-hybridized carbons (Fsp3) is 0.333. The second kappa shape index (κ2) is 4.68. The van der Waals surface area contributed by atoms with Crippen LogP contribution in [0.25, 0.3) is 0 Å². The number of nitrogens with zero attached hydrogens (tertiary/aromatic N) is 1. The highest BCUT2D eigenvalue weighted by Crippen LogP contribution is 1.92. The third kappa shape index (κ3) is 2.85. The molecule has 0 aliphatic carbocycles. The number of H-pyrrole nitrogens is 1. The molecule has 6 heteroatoms. The molecule has 0 atom stereocenters. The molecule has 0 saturated carbocycles. The van der Waals surface area contributed by atoms with E-state index in [0.29, 0.717) is 5.11 Å². The molecule has 5 nitrogen and oxygen atoms in total. The van der Waals surface area contributed by atoms with Crippen LogP contribution in [-0.2, 0) is 6.42 Å². The number of hydrogen-bond donors (Lipinski definition) is 4. The van der Waals surface area contributed by atoms with Gasteiger partial charge in [0, 0.05) is 12.7 Å². The lowest BCUT2D eigenvalue weighted by Crippen LogP contribution is -2.40. The second-order valence-electron chi connectivity index (χ2n) is 2.26. The van der Waals surface area contributed by atoms with Gasteiger partial charge in [-0.2, -0.15) is 5.10 Å². The van der Waals surface area contributed by atoms with Crippen molar-refractivity contribution in [2.24, 2.45) is 5.84 Å². The number of hydrogen-bond acceptors (Lipinski definition) is 3. The van der Waals surface area contributed by atoms with Crippen LogP contribution in [0, 0.1) is 0 Å². The van der Waals surface area contributed by atoms with Crippen molar-refractivity contribution >= 4 is 17.3 Å². The highest BCUT2D eigenvalue weighted by atomic mass is 32.1. The Bertz CT molecular complexity index is 232. The lowest BCUT2D eigenvalue weighted by molar-refractivity contribution is 0.836. The van der Waals surface area contributed by atoms with E-state index in [1.807, 2.05) is 6.20 Å². The largest absolute Gasteiger partial charge is 0.361 e. The van der Waals surface area contributed by atoms with E-state index in [9.17, 15) is 0 Å². The van der Waals surface area contributed by atoms with E-state index >= 15 is 0 Å². The quantitative estimate of drug-likeness (QED) is 0.284. The van der Waals surface area contributed by atoms with Crippen LogP contribution in [0.4, 0.5) is 0 Å². The summed E-state index contributed by atoms with van der Waals surface area (Å²) in [6.07, 6.45) is 4.50. The first-order chi connectivity index (χ1) is 5.83. The van der Waals surface area contributed by atoms with Crippen LogP contribution in [0.5, 0.6) is 0 Å². The first-order valence-corrected chi connectivity index (χ1v) is 3.96. The molecule has 0 aromatic carbocycles. The highest BCUT2D eigenvalue weighted by Gasteiger charge is 1.94. The molecule has 1 rings (SSSR count). The van der Waals surface area contributed by atoms with Crippen LogP contribution in [-0.4, -0.2) is 21.9 Å². The van der Waals surface area contributed by atoms with Gasteiger partial charge in [0.25, 0.3) is 0 Å². The zero-order valence-electron chi connectivity index (χ0n) is 6.50. The first kappa shape index (κ1) is 8.95. The molecule has 66 valence electrons. The van der Waals surface area contributed by atoms with Crippen LogP contribution in [0.15, 0.2) is 12.4 Å². The van der Waals surface area contributed by atoms with E-state index < -0.39 is 0 Å². The lowest BCUT2D eigenvalue weighted by Gasteiger charge is -2.04. The van der Waals surface area contributed by atoms with Crippen LogP contribution in [0.1, 0.15) is 5.56 Å². The van der Waals surface area contributed by atoms with E-state index in [0.717, 1.165) is 18.5 Å². The number of thiocarbonyl (C=S) groups is 1. The van der Waals surface area contributed by atoms with Gasteiger partial charge in [-0.25, -0.2) is 5.84 Å². The number of hydrazine groups is 1. The van der Waals surface area contributed by atoms with Gasteiger partial charge in [0.2, 0.25) is 0 Å². The molecule has 1 heterocycles. The molecule has 1 aromatic heterocycles. The van der Waals surface area contributed by atoms with Crippen molar-refractivity contribution in [2.45, 2.75) is 6.42 Å². The lowest BCUT2D eigenvalue weighted by atomic mass is 10.2. The molecule has 0 bridgehead atoms. The number of aromatic amines is 1. The predicted octanol–water partition coefficient (Wildman–Crippen LogP) is -0.710. The summed E-state index contributed by atoms with van der Waals surface area (Å²) in [6, 6.07) is 0. The van der Waals surface area contributed by atoms with Crippen molar-refractivity contribution < 1.29 is 0 Å². The molecule has 1 aromatic rings. The number of aromatic nitrogens is 2. The number of rotatable bonds is 3. The minimum absolute atomic E-state index is 0.457. The smallest absolute Gasteiger partial charge is 0.180 e. The molecule has 0 aliphatic heterocycles. The van der Waals surface area contributed by atoms with E-state index in [2.05, 4.69) is 20.9 Å². The summed E-state index contributed by atoms with van der Waals surface area (Å²) in [5, 5.41) is 9.93. The average molecular weight is 185 g/mol. The molecule has 5 N–H and O–H groups in total. The van der Waals surface area contributed by atoms with Gasteiger partial charge in [-0.3, -0.25) is 5.10 Å². The molecule has 0 radical (unpaired) electrons. The molecule has 0 unspecified atom stereocenters. The minimum atomic E-state index is 0.457. The van der Waals surface area contributed by atoms with Gasteiger partial charge in [0.15, 0.2) is 5.11 Å². The summed E-state index contributed by atoms with van der Waals surface area (Å²) < 4.78 is 0. The maximum atomic E-state index is 5.06. The zero-order valence-corrected chi connectivity index (χ0v) is 7.32. The Morgan fingerprint density at radius 1 is 1.75 bits per heavy atom.